The standard InChI is InChI=1S/C24H33N3O5S/c1-3-4-16-33(30,31)27-21(23(28)32-2)17-18-11-14-24(29,15-12-18)13-7-10-22-25-19-8-5-6-9-20(19)26-22/h5-6,8-9,11-12,14,21,27,29H,3-4,7,10,13,15-17H2,1-2H3,(H,25,26)/t21-,24?/m0/s1. The van der Waals surface area contributed by atoms with E-state index < -0.39 is 27.6 Å². The average Bonchev–Trinajstić information content (AvgIpc) is 3.21. The summed E-state index contributed by atoms with van der Waals surface area (Å²) in [6.45, 7) is 1.91. The summed E-state index contributed by atoms with van der Waals surface area (Å²) in [5.41, 5.74) is 1.74. The highest BCUT2D eigenvalue weighted by Crippen LogP contribution is 2.28. The quantitative estimate of drug-likeness (QED) is 0.406. The zero-order valence-electron chi connectivity index (χ0n) is 19.2. The molecule has 9 heteroatoms. The van der Waals surface area contributed by atoms with Crippen LogP contribution in [0.25, 0.3) is 11.0 Å². The van der Waals surface area contributed by atoms with E-state index in [-0.39, 0.29) is 12.2 Å². The van der Waals surface area contributed by atoms with Crippen LogP contribution in [0.3, 0.4) is 0 Å². The van der Waals surface area contributed by atoms with Crippen molar-refractivity contribution >= 4 is 27.0 Å². The number of para-hydroxylation sites is 2. The number of allylic oxidation sites excluding steroid dienone is 1. The van der Waals surface area contributed by atoms with Gasteiger partial charge in [-0.1, -0.05) is 43.7 Å². The molecule has 1 aromatic heterocycles. The van der Waals surface area contributed by atoms with E-state index >= 15 is 0 Å². The molecule has 0 amide bonds. The topological polar surface area (TPSA) is 121 Å². The van der Waals surface area contributed by atoms with Crippen molar-refractivity contribution in [3.63, 3.8) is 0 Å². The van der Waals surface area contributed by atoms with Gasteiger partial charge in [-0.15, -0.1) is 0 Å². The zero-order chi connectivity index (χ0) is 23.9. The van der Waals surface area contributed by atoms with Crippen LogP contribution in [0.15, 0.2) is 48.1 Å². The van der Waals surface area contributed by atoms with Gasteiger partial charge < -0.3 is 14.8 Å². The Bertz CT molecular complexity index is 1090. The number of aromatic nitrogens is 2. The number of hydrogen-bond acceptors (Lipinski definition) is 6. The number of benzene rings is 1. The maximum absolute atomic E-state index is 12.3. The minimum Gasteiger partial charge on any atom is -0.468 e. The van der Waals surface area contributed by atoms with E-state index in [1.54, 1.807) is 12.2 Å². The van der Waals surface area contributed by atoms with E-state index in [1.165, 1.54) is 7.11 Å². The number of nitrogens with one attached hydrogen (secondary N) is 2. The van der Waals surface area contributed by atoms with Crippen LogP contribution in [0.2, 0.25) is 0 Å². The minimum absolute atomic E-state index is 0.0309. The summed E-state index contributed by atoms with van der Waals surface area (Å²) in [6.07, 6.45) is 9.24. The van der Waals surface area contributed by atoms with Gasteiger partial charge in [-0.05, 0) is 49.8 Å². The molecule has 180 valence electrons. The van der Waals surface area contributed by atoms with Gasteiger partial charge in [-0.2, -0.15) is 0 Å². The van der Waals surface area contributed by atoms with Crippen LogP contribution in [0, 0.1) is 0 Å². The number of hydrogen-bond donors (Lipinski definition) is 3. The molecule has 3 N–H and O–H groups in total. The van der Waals surface area contributed by atoms with E-state index in [2.05, 4.69) is 14.7 Å². The van der Waals surface area contributed by atoms with Crippen molar-refractivity contribution in [2.45, 2.75) is 63.5 Å². The molecule has 8 nitrogen and oxygen atoms in total. The van der Waals surface area contributed by atoms with Crippen molar-refractivity contribution in [2.75, 3.05) is 12.9 Å². The number of unbranched alkanes of at least 4 members (excludes halogenated alkanes) is 1. The molecule has 0 aliphatic heterocycles. The molecule has 0 spiro atoms. The molecule has 2 aromatic rings. The highest BCUT2D eigenvalue weighted by atomic mass is 32.2. The third kappa shape index (κ3) is 7.25. The Kier molecular flexibility index (Phi) is 8.45. The molecular formula is C24H33N3O5S. The molecule has 1 aromatic carbocycles. The van der Waals surface area contributed by atoms with Gasteiger partial charge in [0.05, 0.1) is 29.5 Å². The number of nitrogens with zero attached hydrogens (tertiary/aromatic N) is 1. The number of methoxy groups -OCH3 is 1. The Balaban J connectivity index is 1.54. The molecule has 33 heavy (non-hydrogen) atoms. The zero-order valence-corrected chi connectivity index (χ0v) is 20.0. The molecule has 1 unspecified atom stereocenters. The molecule has 3 rings (SSSR count). The fraction of sp³-hybridized carbons (Fsp3) is 0.500. The highest BCUT2D eigenvalue weighted by Gasteiger charge is 2.29. The number of esters is 1. The second-order valence-electron chi connectivity index (χ2n) is 8.54. The first-order chi connectivity index (χ1) is 15.7. The number of carbonyl (C=O) groups excluding carboxylic acids is 1. The number of sulfonamides is 1. The number of rotatable bonds is 12. The van der Waals surface area contributed by atoms with E-state index in [9.17, 15) is 18.3 Å². The van der Waals surface area contributed by atoms with Crippen LogP contribution < -0.4 is 4.72 Å². The van der Waals surface area contributed by atoms with Crippen LogP contribution in [0.4, 0.5) is 0 Å². The first kappa shape index (κ1) is 25.1. The molecule has 0 fully saturated rings. The van der Waals surface area contributed by atoms with Crippen LogP contribution in [0.1, 0.15) is 51.3 Å². The normalized spacial score (nSPS) is 19.4. The molecule has 1 heterocycles. The Labute approximate surface area is 195 Å². The Hall–Kier alpha value is -2.49. The van der Waals surface area contributed by atoms with E-state index in [4.69, 9.17) is 4.74 Å². The summed E-state index contributed by atoms with van der Waals surface area (Å²) in [5, 5.41) is 10.9. The number of fused-ring (bicyclic) bond motifs is 1. The van der Waals surface area contributed by atoms with Crippen LogP contribution in [-0.4, -0.2) is 54.0 Å². The molecular weight excluding hydrogens is 442 g/mol. The number of ether oxygens (including phenoxy) is 1. The van der Waals surface area contributed by atoms with Crippen molar-refractivity contribution in [2.24, 2.45) is 0 Å². The molecule has 1 aliphatic rings. The number of aliphatic hydroxyl groups is 1. The Morgan fingerprint density at radius 2 is 2.12 bits per heavy atom. The highest BCUT2D eigenvalue weighted by molar-refractivity contribution is 7.89. The van der Waals surface area contributed by atoms with Crippen molar-refractivity contribution in [3.05, 3.63) is 53.9 Å². The summed E-state index contributed by atoms with van der Waals surface area (Å²) in [6, 6.07) is 6.87. The van der Waals surface area contributed by atoms with Gasteiger partial charge in [0.1, 0.15) is 11.9 Å². The lowest BCUT2D eigenvalue weighted by atomic mass is 9.86. The van der Waals surface area contributed by atoms with E-state index in [0.717, 1.165) is 41.7 Å². The van der Waals surface area contributed by atoms with Crippen LogP contribution in [0.5, 0.6) is 0 Å². The fourth-order valence-electron chi connectivity index (χ4n) is 3.89. The predicted octanol–water partition coefficient (Wildman–Crippen LogP) is 3.15. The number of H-pyrrole nitrogens is 1. The Morgan fingerprint density at radius 3 is 2.79 bits per heavy atom. The lowest BCUT2D eigenvalue weighted by Gasteiger charge is -2.27. The maximum Gasteiger partial charge on any atom is 0.324 e. The first-order valence-corrected chi connectivity index (χ1v) is 13.0. The van der Waals surface area contributed by atoms with Gasteiger partial charge in [0.25, 0.3) is 0 Å². The first-order valence-electron chi connectivity index (χ1n) is 11.4. The number of carbonyl (C=O) groups is 1. The SMILES string of the molecule is CCCCS(=O)(=O)N[C@@H](CC1=CCC(O)(CCCc2nc3ccccc3[nH]2)C=C1)C(=O)OC. The summed E-state index contributed by atoms with van der Waals surface area (Å²) < 4.78 is 31.8. The summed E-state index contributed by atoms with van der Waals surface area (Å²) in [4.78, 5) is 20.0. The maximum atomic E-state index is 12.3. The van der Waals surface area contributed by atoms with Crippen molar-refractivity contribution in [3.8, 4) is 0 Å². The summed E-state index contributed by atoms with van der Waals surface area (Å²) >= 11 is 0. The fourth-order valence-corrected chi connectivity index (χ4v) is 5.29. The third-order valence-corrected chi connectivity index (χ3v) is 7.27. The van der Waals surface area contributed by atoms with Gasteiger partial charge in [0.15, 0.2) is 0 Å². The Morgan fingerprint density at radius 1 is 1.33 bits per heavy atom. The third-order valence-electron chi connectivity index (χ3n) is 5.80. The van der Waals surface area contributed by atoms with Crippen LogP contribution in [-0.2, 0) is 26.0 Å². The van der Waals surface area contributed by atoms with Gasteiger partial charge in [-0.3, -0.25) is 4.79 Å². The second-order valence-corrected chi connectivity index (χ2v) is 10.4. The smallest absolute Gasteiger partial charge is 0.324 e. The van der Waals surface area contributed by atoms with Crippen molar-refractivity contribution < 1.29 is 23.1 Å². The lowest BCUT2D eigenvalue weighted by Crippen LogP contribution is -2.42. The van der Waals surface area contributed by atoms with Crippen molar-refractivity contribution in [1.29, 1.82) is 0 Å². The van der Waals surface area contributed by atoms with Crippen LogP contribution >= 0.6 is 0 Å². The average molecular weight is 476 g/mol. The van der Waals surface area contributed by atoms with E-state index in [0.29, 0.717) is 19.3 Å². The molecule has 0 saturated heterocycles. The number of aryl methyl sites for hydroxylation is 1. The largest absolute Gasteiger partial charge is 0.468 e. The number of aromatic amines is 1. The molecule has 1 aliphatic carbocycles. The van der Waals surface area contributed by atoms with Gasteiger partial charge in [0.2, 0.25) is 10.0 Å². The molecule has 2 atom stereocenters. The van der Waals surface area contributed by atoms with Crippen molar-refractivity contribution in [1.82, 2.24) is 14.7 Å². The predicted molar refractivity (Wildman–Crippen MR) is 128 cm³/mol. The number of imidazole rings is 1. The lowest BCUT2D eigenvalue weighted by molar-refractivity contribution is -0.142. The van der Waals surface area contributed by atoms with Gasteiger partial charge >= 0.3 is 5.97 Å². The summed E-state index contributed by atoms with van der Waals surface area (Å²) in [5.74, 6) is 0.236. The van der Waals surface area contributed by atoms with E-state index in [1.807, 2.05) is 37.3 Å². The minimum atomic E-state index is -3.58. The molecule has 0 saturated carbocycles. The van der Waals surface area contributed by atoms with Gasteiger partial charge in [0, 0.05) is 6.42 Å². The monoisotopic (exact) mass is 475 g/mol. The molecule has 0 radical (unpaired) electrons. The van der Waals surface area contributed by atoms with Gasteiger partial charge in [-0.25, -0.2) is 18.1 Å². The molecule has 0 bridgehead atoms. The summed E-state index contributed by atoms with van der Waals surface area (Å²) in [7, 11) is -2.34. The second kappa shape index (κ2) is 11.1.